The molecule has 0 amide bonds. The van der Waals surface area contributed by atoms with Crippen molar-refractivity contribution in [2.45, 2.75) is 18.8 Å². The Balaban J connectivity index is 1.83. The monoisotopic (exact) mass is 298 g/mol. The Hall–Kier alpha value is -2.27. The van der Waals surface area contributed by atoms with Crippen LogP contribution in [0.1, 0.15) is 34.0 Å². The van der Waals surface area contributed by atoms with Crippen molar-refractivity contribution >= 4 is 23.2 Å². The van der Waals surface area contributed by atoms with Crippen LogP contribution in [0.3, 0.4) is 0 Å². The lowest BCUT2D eigenvalue weighted by atomic mass is 9.82. The Morgan fingerprint density at radius 1 is 1.24 bits per heavy atom. The molecule has 5 nitrogen and oxygen atoms in total. The summed E-state index contributed by atoms with van der Waals surface area (Å²) in [5.41, 5.74) is 2.59. The average Bonchev–Trinajstić information content (AvgIpc) is 2.96. The van der Waals surface area contributed by atoms with Gasteiger partial charge in [-0.3, -0.25) is 4.79 Å². The summed E-state index contributed by atoms with van der Waals surface area (Å²) in [7, 11) is 0. The van der Waals surface area contributed by atoms with Crippen LogP contribution in [0.25, 0.3) is 5.78 Å². The van der Waals surface area contributed by atoms with Crippen LogP contribution in [-0.2, 0) is 6.42 Å². The maximum Gasteiger partial charge on any atom is 0.252 e. The molecule has 4 rings (SSSR count). The van der Waals surface area contributed by atoms with Crippen LogP contribution in [0.2, 0.25) is 5.02 Å². The first-order valence-electron chi connectivity index (χ1n) is 6.68. The third-order valence-corrected chi connectivity index (χ3v) is 4.13. The minimum atomic E-state index is 0.0890. The number of carbonyl (C=O) groups excluding carboxylic acids is 1. The lowest BCUT2D eigenvalue weighted by Gasteiger charge is -2.23. The summed E-state index contributed by atoms with van der Waals surface area (Å²) in [5.74, 6) is 0.720. The second-order valence-electron chi connectivity index (χ2n) is 5.17. The molecule has 0 saturated carbocycles. The molecule has 0 saturated heterocycles. The standard InChI is InChI=1S/C15H11ClN4O/c16-11-3-1-2-9(4-11)10-5-13-12(14(21)6-10)7-17-15-18-8-19-20(13)15/h1-4,7-8,10H,5-6H2. The van der Waals surface area contributed by atoms with Gasteiger partial charge in [-0.05, 0) is 30.0 Å². The first-order valence-corrected chi connectivity index (χ1v) is 7.06. The highest BCUT2D eigenvalue weighted by atomic mass is 35.5. The molecule has 21 heavy (non-hydrogen) atoms. The van der Waals surface area contributed by atoms with Crippen LogP contribution in [-0.4, -0.2) is 25.4 Å². The van der Waals surface area contributed by atoms with E-state index in [4.69, 9.17) is 11.6 Å². The molecule has 0 N–H and O–H groups in total. The summed E-state index contributed by atoms with van der Waals surface area (Å²) in [6.07, 6.45) is 4.25. The van der Waals surface area contributed by atoms with E-state index in [0.717, 1.165) is 17.7 Å². The Morgan fingerprint density at radius 3 is 3.00 bits per heavy atom. The van der Waals surface area contributed by atoms with Gasteiger partial charge in [0.1, 0.15) is 6.33 Å². The highest BCUT2D eigenvalue weighted by Gasteiger charge is 2.29. The quantitative estimate of drug-likeness (QED) is 0.693. The number of hydrogen-bond donors (Lipinski definition) is 0. The maximum absolute atomic E-state index is 12.4. The first kappa shape index (κ1) is 12.5. The molecule has 0 radical (unpaired) electrons. The van der Waals surface area contributed by atoms with Crippen LogP contribution in [0, 0.1) is 0 Å². The molecule has 1 aromatic carbocycles. The van der Waals surface area contributed by atoms with Crippen molar-refractivity contribution in [3.8, 4) is 0 Å². The van der Waals surface area contributed by atoms with Gasteiger partial charge in [-0.1, -0.05) is 23.7 Å². The molecule has 2 heterocycles. The van der Waals surface area contributed by atoms with Crippen LogP contribution in [0.5, 0.6) is 0 Å². The van der Waals surface area contributed by atoms with Gasteiger partial charge in [-0.2, -0.15) is 10.1 Å². The van der Waals surface area contributed by atoms with E-state index in [2.05, 4.69) is 15.1 Å². The molecule has 0 bridgehead atoms. The van der Waals surface area contributed by atoms with Crippen molar-refractivity contribution in [2.75, 3.05) is 0 Å². The van der Waals surface area contributed by atoms with Crippen molar-refractivity contribution in [3.05, 3.63) is 58.6 Å². The number of hydrogen-bond acceptors (Lipinski definition) is 4. The number of ketones is 1. The number of nitrogens with zero attached hydrogens (tertiary/aromatic N) is 4. The first-order chi connectivity index (χ1) is 10.2. The molecule has 6 heteroatoms. The molecule has 1 atom stereocenters. The molecular weight excluding hydrogens is 288 g/mol. The highest BCUT2D eigenvalue weighted by molar-refractivity contribution is 6.30. The van der Waals surface area contributed by atoms with Crippen LogP contribution >= 0.6 is 11.6 Å². The molecule has 1 aliphatic rings. The van der Waals surface area contributed by atoms with Crippen LogP contribution < -0.4 is 0 Å². The van der Waals surface area contributed by atoms with Crippen molar-refractivity contribution in [2.24, 2.45) is 0 Å². The summed E-state index contributed by atoms with van der Waals surface area (Å²) in [5, 5.41) is 4.86. The predicted molar refractivity (Wildman–Crippen MR) is 77.6 cm³/mol. The maximum atomic E-state index is 12.4. The molecule has 104 valence electrons. The number of carbonyl (C=O) groups is 1. The Labute approximate surface area is 125 Å². The topological polar surface area (TPSA) is 60.2 Å². The second kappa shape index (κ2) is 4.63. The van der Waals surface area contributed by atoms with E-state index in [1.54, 1.807) is 10.7 Å². The van der Waals surface area contributed by atoms with Crippen molar-refractivity contribution < 1.29 is 4.79 Å². The lowest BCUT2D eigenvalue weighted by molar-refractivity contribution is 0.0962. The molecule has 0 fully saturated rings. The summed E-state index contributed by atoms with van der Waals surface area (Å²) in [4.78, 5) is 20.6. The zero-order valence-corrected chi connectivity index (χ0v) is 11.8. The van der Waals surface area contributed by atoms with Gasteiger partial charge in [0.25, 0.3) is 5.78 Å². The van der Waals surface area contributed by atoms with Gasteiger partial charge in [0.15, 0.2) is 5.78 Å². The predicted octanol–water partition coefficient (Wildman–Crippen LogP) is 2.69. The van der Waals surface area contributed by atoms with E-state index in [1.165, 1.54) is 6.33 Å². The summed E-state index contributed by atoms with van der Waals surface area (Å²) in [6, 6.07) is 7.68. The fourth-order valence-electron chi connectivity index (χ4n) is 2.89. The number of fused-ring (bicyclic) bond motifs is 3. The molecular formula is C15H11ClN4O. The minimum absolute atomic E-state index is 0.0890. The number of benzene rings is 1. The van der Waals surface area contributed by atoms with Gasteiger partial charge >= 0.3 is 0 Å². The zero-order chi connectivity index (χ0) is 14.4. The van der Waals surface area contributed by atoms with E-state index in [1.807, 2.05) is 24.3 Å². The minimum Gasteiger partial charge on any atom is -0.294 e. The summed E-state index contributed by atoms with van der Waals surface area (Å²) in [6.45, 7) is 0. The van der Waals surface area contributed by atoms with Gasteiger partial charge in [0.05, 0.1) is 11.3 Å². The second-order valence-corrected chi connectivity index (χ2v) is 5.61. The molecule has 1 aliphatic carbocycles. The third kappa shape index (κ3) is 2.01. The molecule has 3 aromatic rings. The fourth-order valence-corrected chi connectivity index (χ4v) is 3.09. The van der Waals surface area contributed by atoms with Gasteiger partial charge in [-0.25, -0.2) is 9.50 Å². The largest absolute Gasteiger partial charge is 0.294 e. The fraction of sp³-hybridized carbons (Fsp3) is 0.200. The van der Waals surface area contributed by atoms with E-state index >= 15 is 0 Å². The summed E-state index contributed by atoms with van der Waals surface area (Å²) < 4.78 is 1.66. The molecule has 1 unspecified atom stereocenters. The highest BCUT2D eigenvalue weighted by Crippen LogP contribution is 2.33. The van der Waals surface area contributed by atoms with E-state index in [-0.39, 0.29) is 11.7 Å². The number of rotatable bonds is 1. The Bertz CT molecular complexity index is 858. The smallest absolute Gasteiger partial charge is 0.252 e. The van der Waals surface area contributed by atoms with Crippen LogP contribution in [0.4, 0.5) is 0 Å². The van der Waals surface area contributed by atoms with Crippen molar-refractivity contribution in [1.82, 2.24) is 19.6 Å². The van der Waals surface area contributed by atoms with Gasteiger partial charge in [0, 0.05) is 17.6 Å². The lowest BCUT2D eigenvalue weighted by Crippen LogP contribution is -2.22. The SMILES string of the molecule is O=C1CC(c2cccc(Cl)c2)Cc2c1cnc1ncnn21. The van der Waals surface area contributed by atoms with Gasteiger partial charge < -0.3 is 0 Å². The molecule has 0 aliphatic heterocycles. The normalized spacial score (nSPS) is 18.0. The third-order valence-electron chi connectivity index (χ3n) is 3.90. The molecule has 2 aromatic heterocycles. The number of aromatic nitrogens is 4. The Morgan fingerprint density at radius 2 is 2.14 bits per heavy atom. The zero-order valence-electron chi connectivity index (χ0n) is 11.0. The van der Waals surface area contributed by atoms with Crippen molar-refractivity contribution in [1.29, 1.82) is 0 Å². The van der Waals surface area contributed by atoms with E-state index < -0.39 is 0 Å². The van der Waals surface area contributed by atoms with Crippen LogP contribution in [0.15, 0.2) is 36.8 Å². The van der Waals surface area contributed by atoms with Gasteiger partial charge in [-0.15, -0.1) is 0 Å². The van der Waals surface area contributed by atoms with E-state index in [9.17, 15) is 4.79 Å². The van der Waals surface area contributed by atoms with E-state index in [0.29, 0.717) is 22.8 Å². The summed E-state index contributed by atoms with van der Waals surface area (Å²) >= 11 is 6.06. The molecule has 0 spiro atoms. The van der Waals surface area contributed by atoms with Gasteiger partial charge in [0.2, 0.25) is 0 Å². The average molecular weight is 299 g/mol. The number of Topliss-reactive ketones (excluding diaryl/α,β-unsaturated/α-hetero) is 1. The Kier molecular flexibility index (Phi) is 2.75. The van der Waals surface area contributed by atoms with Crippen molar-refractivity contribution in [3.63, 3.8) is 0 Å². The number of halogens is 1.